The number of hydrogen-bond donors (Lipinski definition) is 2. The van der Waals surface area contributed by atoms with E-state index in [1.165, 1.54) is 11.6 Å². The topological polar surface area (TPSA) is 142 Å². The number of hydrazone groups is 1. The molecule has 3 atom stereocenters. The molecule has 1 fully saturated rings. The normalized spacial score (nSPS) is 18.4. The average molecular weight is 663 g/mol. The van der Waals surface area contributed by atoms with Gasteiger partial charge in [0.1, 0.15) is 5.15 Å². The maximum absolute atomic E-state index is 13.8. The van der Waals surface area contributed by atoms with Gasteiger partial charge in [0, 0.05) is 25.1 Å². The highest BCUT2D eigenvalue weighted by Crippen LogP contribution is 2.33. The van der Waals surface area contributed by atoms with Gasteiger partial charge in [-0.3, -0.25) is 19.2 Å². The van der Waals surface area contributed by atoms with Crippen LogP contribution in [0, 0.1) is 12.8 Å². The predicted molar refractivity (Wildman–Crippen MR) is 180 cm³/mol. The molecule has 0 bridgehead atoms. The molecule has 0 radical (unpaired) electrons. The van der Waals surface area contributed by atoms with Crippen LogP contribution in [0.1, 0.15) is 47.1 Å². The number of sulfonamides is 1. The highest BCUT2D eigenvalue weighted by Gasteiger charge is 2.41. The molecule has 12 nitrogen and oxygen atoms in total. The van der Waals surface area contributed by atoms with Crippen LogP contribution in [0.15, 0.2) is 64.5 Å². The minimum Gasteiger partial charge on any atom is -0.377 e. The first-order chi connectivity index (χ1) is 21.8. The summed E-state index contributed by atoms with van der Waals surface area (Å²) in [5.41, 5.74) is 4.34. The van der Waals surface area contributed by atoms with Crippen LogP contribution in [-0.2, 0) is 23.6 Å². The maximum atomic E-state index is 13.8. The van der Waals surface area contributed by atoms with Crippen molar-refractivity contribution in [1.82, 2.24) is 24.3 Å². The van der Waals surface area contributed by atoms with E-state index in [0.29, 0.717) is 29.9 Å². The van der Waals surface area contributed by atoms with Crippen LogP contribution in [0.2, 0.25) is 5.15 Å². The number of nitrogens with zero attached hydrogens (tertiary/aromatic N) is 6. The van der Waals surface area contributed by atoms with Gasteiger partial charge in [-0.25, -0.2) is 23.1 Å². The lowest BCUT2D eigenvalue weighted by atomic mass is 10.00. The van der Waals surface area contributed by atoms with Crippen molar-refractivity contribution in [3.63, 3.8) is 0 Å². The molecule has 0 aliphatic carbocycles. The van der Waals surface area contributed by atoms with Gasteiger partial charge in [0.05, 0.1) is 53.7 Å². The first kappa shape index (κ1) is 31.5. The molecule has 0 saturated carbocycles. The van der Waals surface area contributed by atoms with Crippen molar-refractivity contribution < 1.29 is 13.2 Å². The monoisotopic (exact) mass is 662 g/mol. The summed E-state index contributed by atoms with van der Waals surface area (Å²) in [5, 5.41) is 10.9. The maximum Gasteiger partial charge on any atom is 0.285 e. The average Bonchev–Trinajstić information content (AvgIpc) is 3.53. The molecule has 4 heterocycles. The molecule has 1 saturated heterocycles. The summed E-state index contributed by atoms with van der Waals surface area (Å²) in [6.07, 6.45) is 0.884. The lowest BCUT2D eigenvalue weighted by Crippen LogP contribution is -2.35. The van der Waals surface area contributed by atoms with Gasteiger partial charge in [0.25, 0.3) is 11.5 Å². The zero-order valence-electron chi connectivity index (χ0n) is 26.2. The van der Waals surface area contributed by atoms with E-state index in [9.17, 15) is 18.0 Å². The van der Waals surface area contributed by atoms with Crippen molar-refractivity contribution in [2.24, 2.45) is 18.1 Å². The molecule has 2 aliphatic heterocycles. The predicted octanol–water partition coefficient (Wildman–Crippen LogP) is 3.85. The van der Waals surface area contributed by atoms with E-state index in [0.717, 1.165) is 29.6 Å². The van der Waals surface area contributed by atoms with E-state index < -0.39 is 22.0 Å². The van der Waals surface area contributed by atoms with Crippen molar-refractivity contribution in [3.8, 4) is 0 Å². The van der Waals surface area contributed by atoms with Crippen molar-refractivity contribution in [1.29, 1.82) is 0 Å². The lowest BCUT2D eigenvalue weighted by Gasteiger charge is -2.27. The van der Waals surface area contributed by atoms with E-state index >= 15 is 0 Å². The Labute approximate surface area is 272 Å². The van der Waals surface area contributed by atoms with Gasteiger partial charge < -0.3 is 10.2 Å². The van der Waals surface area contributed by atoms with Crippen LogP contribution in [0.4, 0.5) is 11.6 Å². The number of carbonyl (C=O) groups excluding carboxylic acids is 1. The number of amides is 1. The van der Waals surface area contributed by atoms with Gasteiger partial charge in [-0.2, -0.15) is 5.10 Å². The van der Waals surface area contributed by atoms with Crippen LogP contribution in [0.3, 0.4) is 0 Å². The van der Waals surface area contributed by atoms with Gasteiger partial charge >= 0.3 is 0 Å². The minimum atomic E-state index is -3.84. The molecule has 4 aromatic rings. The molecule has 14 heteroatoms. The SMILES string of the molecule is Cc1cc([C@@H](C)Nc2ccc(Cl)nc2C(=O)NS(C)(=O)=O)c2nc(N3CC4=NN(Cc5ccccc5)C(C)C4C3)n(C)c(=O)c2c1. The third-order valence-corrected chi connectivity index (χ3v) is 9.27. The number of pyridine rings is 1. The molecule has 1 amide bonds. The largest absolute Gasteiger partial charge is 0.377 e. The molecular formula is C32H35ClN8O4S. The summed E-state index contributed by atoms with van der Waals surface area (Å²) < 4.78 is 27.0. The Hall–Kier alpha value is -4.49. The van der Waals surface area contributed by atoms with E-state index in [1.807, 2.05) is 48.9 Å². The fourth-order valence-corrected chi connectivity index (χ4v) is 6.81. The Kier molecular flexibility index (Phi) is 8.23. The molecule has 2 aromatic heterocycles. The number of aromatic nitrogens is 3. The first-order valence-electron chi connectivity index (χ1n) is 14.9. The fourth-order valence-electron chi connectivity index (χ4n) is 6.23. The van der Waals surface area contributed by atoms with Crippen molar-refractivity contribution in [2.75, 3.05) is 29.6 Å². The molecule has 240 valence electrons. The summed E-state index contributed by atoms with van der Waals surface area (Å²) >= 11 is 6.05. The molecule has 2 unspecified atom stereocenters. The van der Waals surface area contributed by atoms with E-state index in [2.05, 4.69) is 39.3 Å². The molecule has 2 N–H and O–H groups in total. The molecule has 2 aliphatic rings. The quantitative estimate of drug-likeness (QED) is 0.269. The first-order valence-corrected chi connectivity index (χ1v) is 17.2. The van der Waals surface area contributed by atoms with Crippen LogP contribution in [0.25, 0.3) is 10.9 Å². The van der Waals surface area contributed by atoms with Gasteiger partial charge in [-0.15, -0.1) is 0 Å². The number of carbonyl (C=O) groups is 1. The standard InChI is InChI=1S/C32H35ClN8O4S/c1-18-13-22(19(2)34-25-11-12-27(33)35-29(25)30(42)38-46(5,44)45)28-23(14-18)31(43)39(4)32(36-28)40-16-24-20(3)41(37-26(24)17-40)15-21-9-7-6-8-10-21/h6-14,19-20,24,34H,15-17H2,1-5H3,(H,38,42)/t19-,20?,24?/m1/s1. The highest BCUT2D eigenvalue weighted by molar-refractivity contribution is 7.89. The summed E-state index contributed by atoms with van der Waals surface area (Å²) in [5.74, 6) is -0.152. The van der Waals surface area contributed by atoms with Gasteiger partial charge in [0.2, 0.25) is 16.0 Å². The Balaban J connectivity index is 1.33. The number of nitrogens with one attached hydrogen (secondary N) is 2. The van der Waals surface area contributed by atoms with E-state index in [1.54, 1.807) is 17.7 Å². The number of aryl methyl sites for hydroxylation is 1. The summed E-state index contributed by atoms with van der Waals surface area (Å²) in [7, 11) is -2.10. The van der Waals surface area contributed by atoms with Crippen LogP contribution in [0.5, 0.6) is 0 Å². The third-order valence-electron chi connectivity index (χ3n) is 8.50. The number of rotatable bonds is 8. The molecule has 0 spiro atoms. The molecular weight excluding hydrogens is 628 g/mol. The van der Waals surface area contributed by atoms with E-state index in [4.69, 9.17) is 21.7 Å². The van der Waals surface area contributed by atoms with Crippen LogP contribution >= 0.6 is 11.6 Å². The zero-order chi connectivity index (χ0) is 32.9. The number of anilines is 2. The number of fused-ring (bicyclic) bond motifs is 2. The second-order valence-corrected chi connectivity index (χ2v) is 14.2. The Morgan fingerprint density at radius 2 is 1.87 bits per heavy atom. The smallest absolute Gasteiger partial charge is 0.285 e. The second kappa shape index (κ2) is 12.0. The Morgan fingerprint density at radius 1 is 1.13 bits per heavy atom. The number of halogens is 1. The minimum absolute atomic E-state index is 0.0326. The number of benzene rings is 2. The summed E-state index contributed by atoms with van der Waals surface area (Å²) in [6, 6.07) is 16.8. The van der Waals surface area contributed by atoms with E-state index in [-0.39, 0.29) is 34.1 Å². The summed E-state index contributed by atoms with van der Waals surface area (Å²) in [4.78, 5) is 37.8. The van der Waals surface area contributed by atoms with Gasteiger partial charge in [-0.1, -0.05) is 48.0 Å². The van der Waals surface area contributed by atoms with Crippen LogP contribution in [-0.4, -0.2) is 65.0 Å². The molecule has 2 aromatic carbocycles. The fraction of sp³-hybridized carbons (Fsp3) is 0.344. The van der Waals surface area contributed by atoms with Crippen molar-refractivity contribution >= 4 is 55.8 Å². The summed E-state index contributed by atoms with van der Waals surface area (Å²) in [6.45, 7) is 7.95. The van der Waals surface area contributed by atoms with Crippen LogP contribution < -0.4 is 20.5 Å². The number of hydrogen-bond acceptors (Lipinski definition) is 10. The van der Waals surface area contributed by atoms with Crippen molar-refractivity contribution in [3.05, 3.63) is 92.5 Å². The van der Waals surface area contributed by atoms with Gasteiger partial charge in [-0.05, 0) is 50.1 Å². The third kappa shape index (κ3) is 6.16. The zero-order valence-corrected chi connectivity index (χ0v) is 27.7. The second-order valence-electron chi connectivity index (χ2n) is 12.0. The van der Waals surface area contributed by atoms with Gasteiger partial charge in [0.15, 0.2) is 5.69 Å². The Morgan fingerprint density at radius 3 is 2.57 bits per heavy atom. The van der Waals surface area contributed by atoms with Crippen molar-refractivity contribution in [2.45, 2.75) is 39.4 Å². The molecule has 46 heavy (non-hydrogen) atoms. The lowest BCUT2D eigenvalue weighted by molar-refractivity contribution is 0.0977. The highest BCUT2D eigenvalue weighted by atomic mass is 35.5. The molecule has 6 rings (SSSR count). The Bertz CT molecular complexity index is 2050.